The van der Waals surface area contributed by atoms with Crippen LogP contribution < -0.4 is 4.74 Å². The molecular weight excluding hydrogens is 478 g/mol. The van der Waals surface area contributed by atoms with Crippen LogP contribution in [0.2, 0.25) is 18.1 Å². The van der Waals surface area contributed by atoms with Crippen molar-refractivity contribution in [1.82, 2.24) is 4.90 Å². The highest BCUT2D eigenvalue weighted by atomic mass is 32.1. The molecule has 1 aliphatic heterocycles. The summed E-state index contributed by atoms with van der Waals surface area (Å²) in [5.41, 5.74) is 0.282. The second-order valence-electron chi connectivity index (χ2n) is 12.0. The van der Waals surface area contributed by atoms with Crippen LogP contribution in [0.4, 0.5) is 0 Å². The fourth-order valence-corrected chi connectivity index (χ4v) is 5.95. The number of likely N-dealkylation sites (tertiary alicyclic amines) is 1. The summed E-state index contributed by atoms with van der Waals surface area (Å²) < 4.78 is 17.4. The average molecular weight is 522 g/mol. The molecule has 0 N–H and O–H groups in total. The predicted molar refractivity (Wildman–Crippen MR) is 146 cm³/mol. The largest absolute Gasteiger partial charge is 0.497 e. The van der Waals surface area contributed by atoms with Crippen LogP contribution in [0.25, 0.3) is 0 Å². The van der Waals surface area contributed by atoms with Crippen LogP contribution in [-0.4, -0.2) is 61.4 Å². The van der Waals surface area contributed by atoms with E-state index in [1.807, 2.05) is 58.9 Å². The fraction of sp³-hybridized carbons (Fsp3) is 0.667. The SMILES string of the molecule is COc1ccc(C(=S)[C@H](C)[C@@H]2[C@@H]([C@@H](C)O[Si](C)(C)C(C)(C)C)C(=O)N2CC(=O)OC(C)(C)C)cc1. The summed E-state index contributed by atoms with van der Waals surface area (Å²) in [5, 5.41) is 0.0176. The molecule has 1 heterocycles. The Kier molecular flexibility index (Phi) is 8.99. The van der Waals surface area contributed by atoms with E-state index in [-0.39, 0.29) is 41.5 Å². The number of nitrogens with zero attached hydrogens (tertiary/aromatic N) is 1. The Hall–Kier alpha value is -1.77. The Morgan fingerprint density at radius 1 is 1.09 bits per heavy atom. The highest BCUT2D eigenvalue weighted by Gasteiger charge is 2.55. The number of ether oxygens (including phenoxy) is 2. The maximum absolute atomic E-state index is 13.4. The summed E-state index contributed by atoms with van der Waals surface area (Å²) in [7, 11) is -0.480. The van der Waals surface area contributed by atoms with Gasteiger partial charge in [0, 0.05) is 10.8 Å². The maximum Gasteiger partial charge on any atom is 0.326 e. The first-order chi connectivity index (χ1) is 15.9. The Bertz CT molecular complexity index is 932. The monoisotopic (exact) mass is 521 g/mol. The van der Waals surface area contributed by atoms with Crippen LogP contribution in [-0.2, 0) is 18.8 Å². The molecule has 4 atom stereocenters. The lowest BCUT2D eigenvalue weighted by atomic mass is 9.74. The van der Waals surface area contributed by atoms with Gasteiger partial charge in [0.2, 0.25) is 5.91 Å². The number of thiocarbonyl (C=S) groups is 1. The van der Waals surface area contributed by atoms with E-state index in [1.165, 1.54) is 0 Å². The van der Waals surface area contributed by atoms with Crippen LogP contribution in [0.3, 0.4) is 0 Å². The first-order valence-electron chi connectivity index (χ1n) is 12.3. The summed E-state index contributed by atoms with van der Waals surface area (Å²) in [4.78, 5) is 28.4. The van der Waals surface area contributed by atoms with Gasteiger partial charge in [-0.05, 0) is 63.5 Å². The topological polar surface area (TPSA) is 65.1 Å². The summed E-state index contributed by atoms with van der Waals surface area (Å²) in [6, 6.07) is 7.35. The molecular formula is C27H43NO5SSi. The lowest BCUT2D eigenvalue weighted by Gasteiger charge is -2.53. The fourth-order valence-electron chi connectivity index (χ4n) is 4.24. The number of esters is 1. The lowest BCUT2D eigenvalue weighted by Crippen LogP contribution is -2.69. The van der Waals surface area contributed by atoms with Crippen LogP contribution in [0.1, 0.15) is 61.0 Å². The normalized spacial score (nSPS) is 20.7. The van der Waals surface area contributed by atoms with Crippen LogP contribution in [0.15, 0.2) is 24.3 Å². The number of amides is 1. The van der Waals surface area contributed by atoms with E-state index in [2.05, 4.69) is 33.9 Å². The molecule has 1 aliphatic rings. The molecule has 6 nitrogen and oxygen atoms in total. The number of rotatable bonds is 9. The summed E-state index contributed by atoms with van der Waals surface area (Å²) >= 11 is 5.87. The average Bonchev–Trinajstić information content (AvgIpc) is 2.72. The molecule has 35 heavy (non-hydrogen) atoms. The van der Waals surface area contributed by atoms with Gasteiger partial charge >= 0.3 is 5.97 Å². The summed E-state index contributed by atoms with van der Waals surface area (Å²) in [6.07, 6.45) is -0.288. The van der Waals surface area contributed by atoms with Gasteiger partial charge < -0.3 is 18.8 Å². The van der Waals surface area contributed by atoms with Crippen molar-refractivity contribution in [3.63, 3.8) is 0 Å². The molecule has 2 rings (SSSR count). The van der Waals surface area contributed by atoms with Crippen molar-refractivity contribution in [2.24, 2.45) is 11.8 Å². The number of hydrogen-bond donors (Lipinski definition) is 0. The zero-order valence-corrected chi connectivity index (χ0v) is 25.0. The number of benzene rings is 1. The lowest BCUT2D eigenvalue weighted by molar-refractivity contribution is -0.176. The zero-order valence-electron chi connectivity index (χ0n) is 23.2. The van der Waals surface area contributed by atoms with E-state index in [0.29, 0.717) is 0 Å². The van der Waals surface area contributed by atoms with Gasteiger partial charge in [-0.25, -0.2) is 0 Å². The van der Waals surface area contributed by atoms with E-state index in [0.717, 1.165) is 16.2 Å². The molecule has 196 valence electrons. The minimum atomic E-state index is -2.10. The molecule has 1 aromatic rings. The predicted octanol–water partition coefficient (Wildman–Crippen LogP) is 5.63. The van der Waals surface area contributed by atoms with Gasteiger partial charge in [0.15, 0.2) is 8.32 Å². The Morgan fingerprint density at radius 2 is 1.63 bits per heavy atom. The second-order valence-corrected chi connectivity index (χ2v) is 17.2. The van der Waals surface area contributed by atoms with Crippen LogP contribution >= 0.6 is 12.2 Å². The molecule has 0 bridgehead atoms. The second kappa shape index (κ2) is 10.7. The van der Waals surface area contributed by atoms with E-state index in [9.17, 15) is 9.59 Å². The van der Waals surface area contributed by atoms with Gasteiger partial charge in [-0.1, -0.05) is 52.0 Å². The quantitative estimate of drug-likeness (QED) is 0.138. The van der Waals surface area contributed by atoms with Crippen LogP contribution in [0.5, 0.6) is 5.75 Å². The zero-order chi connectivity index (χ0) is 26.9. The number of methoxy groups -OCH3 is 1. The number of carbonyl (C=O) groups excluding carboxylic acids is 2. The van der Waals surface area contributed by atoms with Crippen molar-refractivity contribution in [3.8, 4) is 5.75 Å². The Morgan fingerprint density at radius 3 is 2.09 bits per heavy atom. The van der Waals surface area contributed by atoms with Gasteiger partial charge in [-0.3, -0.25) is 9.59 Å². The summed E-state index contributed by atoms with van der Waals surface area (Å²) in [5.74, 6) is -0.290. The molecule has 0 radical (unpaired) electrons. The summed E-state index contributed by atoms with van der Waals surface area (Å²) in [6.45, 7) is 20.3. The molecule has 0 aromatic heterocycles. The van der Waals surface area contributed by atoms with Crippen LogP contribution in [0, 0.1) is 11.8 Å². The maximum atomic E-state index is 13.4. The van der Waals surface area contributed by atoms with Gasteiger partial charge in [0.1, 0.15) is 17.9 Å². The smallest absolute Gasteiger partial charge is 0.326 e. The molecule has 1 amide bonds. The minimum absolute atomic E-state index is 0.0176. The first kappa shape index (κ1) is 29.5. The standard InChI is InChI=1S/C27H43NO5SSi/c1-17(24(34)19-12-14-20(31-9)15-13-19)23-22(18(2)33-35(10,11)27(6,7)8)25(30)28(23)16-21(29)32-26(3,4)5/h12-15,17-18,22-23H,16H2,1-11H3/t17-,18-,22-,23-/m1/s1. The van der Waals surface area contributed by atoms with Crippen molar-refractivity contribution >= 4 is 37.3 Å². The Labute approximate surface area is 217 Å². The third-order valence-corrected chi connectivity index (χ3v) is 12.3. The molecule has 1 aromatic carbocycles. The van der Waals surface area contributed by atoms with E-state index < -0.39 is 19.9 Å². The Balaban J connectivity index is 2.33. The van der Waals surface area contributed by atoms with Crippen molar-refractivity contribution in [1.29, 1.82) is 0 Å². The first-order valence-corrected chi connectivity index (χ1v) is 15.6. The van der Waals surface area contributed by atoms with E-state index in [1.54, 1.807) is 12.0 Å². The number of hydrogen-bond acceptors (Lipinski definition) is 6. The van der Waals surface area contributed by atoms with Crippen molar-refractivity contribution in [3.05, 3.63) is 29.8 Å². The highest BCUT2D eigenvalue weighted by Crippen LogP contribution is 2.42. The minimum Gasteiger partial charge on any atom is -0.497 e. The van der Waals surface area contributed by atoms with Gasteiger partial charge in [0.25, 0.3) is 0 Å². The molecule has 0 saturated carbocycles. The number of β-lactam (4-membered cyclic amide) rings is 1. The highest BCUT2D eigenvalue weighted by molar-refractivity contribution is 7.80. The number of carbonyl (C=O) groups is 2. The third-order valence-electron chi connectivity index (χ3n) is 7.11. The van der Waals surface area contributed by atoms with Gasteiger partial charge in [-0.2, -0.15) is 0 Å². The molecule has 1 saturated heterocycles. The third kappa shape index (κ3) is 6.92. The molecule has 0 aliphatic carbocycles. The molecule has 0 spiro atoms. The van der Waals surface area contributed by atoms with Crippen molar-refractivity contribution in [2.45, 2.75) is 91.3 Å². The van der Waals surface area contributed by atoms with Crippen molar-refractivity contribution < 1.29 is 23.5 Å². The molecule has 8 heteroatoms. The van der Waals surface area contributed by atoms with Crippen molar-refractivity contribution in [2.75, 3.05) is 13.7 Å². The van der Waals surface area contributed by atoms with E-state index >= 15 is 0 Å². The molecule has 0 unspecified atom stereocenters. The van der Waals surface area contributed by atoms with Gasteiger partial charge in [0.05, 0.1) is 25.2 Å². The molecule has 1 fully saturated rings. The van der Waals surface area contributed by atoms with E-state index in [4.69, 9.17) is 26.1 Å². The van der Waals surface area contributed by atoms with Gasteiger partial charge in [-0.15, -0.1) is 0 Å².